The molecule has 0 saturated heterocycles. The molecule has 2 aromatic rings. The highest BCUT2D eigenvalue weighted by atomic mass is 19.1. The van der Waals surface area contributed by atoms with Crippen LogP contribution in [0.15, 0.2) is 42.5 Å². The van der Waals surface area contributed by atoms with E-state index in [2.05, 4.69) is 10.6 Å². The lowest BCUT2D eigenvalue weighted by Crippen LogP contribution is -2.10. The van der Waals surface area contributed by atoms with E-state index in [1.54, 1.807) is 6.07 Å². The third-order valence-corrected chi connectivity index (χ3v) is 2.92. The first-order valence-electron chi connectivity index (χ1n) is 6.42. The summed E-state index contributed by atoms with van der Waals surface area (Å²) < 4.78 is 13.7. The molecule has 0 fully saturated rings. The molecule has 0 radical (unpaired) electrons. The second-order valence-electron chi connectivity index (χ2n) is 4.68. The van der Waals surface area contributed by atoms with Crippen molar-refractivity contribution in [3.63, 3.8) is 0 Å². The van der Waals surface area contributed by atoms with E-state index in [0.717, 1.165) is 16.8 Å². The molecular formula is C16H17FN2O. The number of para-hydroxylation sites is 1. The van der Waals surface area contributed by atoms with Crippen molar-refractivity contribution >= 4 is 17.3 Å². The molecular weight excluding hydrogens is 255 g/mol. The van der Waals surface area contributed by atoms with Crippen molar-refractivity contribution in [2.45, 2.75) is 20.4 Å². The van der Waals surface area contributed by atoms with Gasteiger partial charge in [0.25, 0.3) is 0 Å². The van der Waals surface area contributed by atoms with Gasteiger partial charge < -0.3 is 10.6 Å². The molecule has 0 heterocycles. The summed E-state index contributed by atoms with van der Waals surface area (Å²) in [4.78, 5) is 11.1. The molecule has 0 aliphatic rings. The van der Waals surface area contributed by atoms with Gasteiger partial charge >= 0.3 is 0 Å². The van der Waals surface area contributed by atoms with E-state index in [-0.39, 0.29) is 11.7 Å². The summed E-state index contributed by atoms with van der Waals surface area (Å²) in [5.41, 5.74) is 2.97. The number of nitrogens with one attached hydrogen (secondary N) is 2. The molecule has 3 nitrogen and oxygen atoms in total. The Morgan fingerprint density at radius 1 is 1.15 bits per heavy atom. The van der Waals surface area contributed by atoms with Gasteiger partial charge in [0, 0.05) is 19.2 Å². The summed E-state index contributed by atoms with van der Waals surface area (Å²) in [5.74, 6) is -0.402. The quantitative estimate of drug-likeness (QED) is 0.891. The first-order valence-corrected chi connectivity index (χ1v) is 6.42. The number of hydrogen-bond donors (Lipinski definition) is 2. The van der Waals surface area contributed by atoms with E-state index in [1.807, 2.05) is 37.3 Å². The van der Waals surface area contributed by atoms with Gasteiger partial charge in [0.05, 0.1) is 5.69 Å². The molecule has 0 unspecified atom stereocenters. The second kappa shape index (κ2) is 6.19. The molecule has 1 amide bonds. The zero-order chi connectivity index (χ0) is 14.5. The van der Waals surface area contributed by atoms with E-state index in [0.29, 0.717) is 12.2 Å². The molecule has 2 N–H and O–H groups in total. The van der Waals surface area contributed by atoms with Crippen molar-refractivity contribution in [1.29, 1.82) is 0 Å². The number of carbonyl (C=O) groups is 1. The number of benzene rings is 2. The van der Waals surface area contributed by atoms with E-state index in [9.17, 15) is 9.18 Å². The monoisotopic (exact) mass is 272 g/mol. The maximum atomic E-state index is 13.7. The summed E-state index contributed by atoms with van der Waals surface area (Å²) in [6, 6.07) is 12.5. The Balaban J connectivity index is 2.12. The Labute approximate surface area is 117 Å². The number of halogens is 1. The minimum absolute atomic E-state index is 0.126. The summed E-state index contributed by atoms with van der Waals surface area (Å²) in [6.45, 7) is 3.75. The van der Waals surface area contributed by atoms with Crippen LogP contribution in [0.2, 0.25) is 0 Å². The molecule has 4 heteroatoms. The molecule has 0 spiro atoms. The molecule has 0 saturated carbocycles. The minimum Gasteiger partial charge on any atom is -0.379 e. The average Bonchev–Trinajstić information content (AvgIpc) is 2.39. The van der Waals surface area contributed by atoms with Gasteiger partial charge in [0.15, 0.2) is 0 Å². The standard InChI is InChI=1S/C16H17FN2O/c1-11-7-8-16(14(17)9-11)18-10-13-5-3-4-6-15(13)19-12(2)20/h3-9,18H,10H2,1-2H3,(H,19,20). The largest absolute Gasteiger partial charge is 0.379 e. The first kappa shape index (κ1) is 14.1. The SMILES string of the molecule is CC(=O)Nc1ccccc1CNc1ccc(C)cc1F. The van der Waals surface area contributed by atoms with Crippen molar-refractivity contribution in [2.24, 2.45) is 0 Å². The number of anilines is 2. The van der Waals surface area contributed by atoms with Crippen LogP contribution < -0.4 is 10.6 Å². The smallest absolute Gasteiger partial charge is 0.221 e. The van der Waals surface area contributed by atoms with Gasteiger partial charge in [-0.3, -0.25) is 4.79 Å². The lowest BCUT2D eigenvalue weighted by atomic mass is 10.1. The van der Waals surface area contributed by atoms with Crippen LogP contribution in [0.3, 0.4) is 0 Å². The molecule has 104 valence electrons. The molecule has 0 atom stereocenters. The average molecular weight is 272 g/mol. The van der Waals surface area contributed by atoms with Crippen molar-refractivity contribution < 1.29 is 9.18 Å². The predicted molar refractivity (Wildman–Crippen MR) is 79.2 cm³/mol. The van der Waals surface area contributed by atoms with Crippen LogP contribution in [0.4, 0.5) is 15.8 Å². The second-order valence-corrected chi connectivity index (χ2v) is 4.68. The van der Waals surface area contributed by atoms with Crippen LogP contribution >= 0.6 is 0 Å². The Bertz CT molecular complexity index is 626. The highest BCUT2D eigenvalue weighted by molar-refractivity contribution is 5.89. The fourth-order valence-corrected chi connectivity index (χ4v) is 1.94. The maximum absolute atomic E-state index is 13.7. The van der Waals surface area contributed by atoms with Gasteiger partial charge in [-0.2, -0.15) is 0 Å². The molecule has 20 heavy (non-hydrogen) atoms. The fraction of sp³-hybridized carbons (Fsp3) is 0.188. The Morgan fingerprint density at radius 2 is 1.90 bits per heavy atom. The summed E-state index contributed by atoms with van der Waals surface area (Å²) >= 11 is 0. The van der Waals surface area contributed by atoms with E-state index in [1.165, 1.54) is 13.0 Å². The van der Waals surface area contributed by atoms with Gasteiger partial charge in [-0.25, -0.2) is 4.39 Å². The van der Waals surface area contributed by atoms with Gasteiger partial charge in [-0.1, -0.05) is 24.3 Å². The van der Waals surface area contributed by atoms with E-state index < -0.39 is 0 Å². The highest BCUT2D eigenvalue weighted by Gasteiger charge is 2.05. The molecule has 2 rings (SSSR count). The van der Waals surface area contributed by atoms with Crippen LogP contribution in [0.1, 0.15) is 18.1 Å². The topological polar surface area (TPSA) is 41.1 Å². The zero-order valence-corrected chi connectivity index (χ0v) is 11.5. The minimum atomic E-state index is -0.276. The van der Waals surface area contributed by atoms with E-state index >= 15 is 0 Å². The Kier molecular flexibility index (Phi) is 4.35. The maximum Gasteiger partial charge on any atom is 0.221 e. The van der Waals surface area contributed by atoms with Crippen molar-refractivity contribution in [3.8, 4) is 0 Å². The lowest BCUT2D eigenvalue weighted by molar-refractivity contribution is -0.114. The first-order chi connectivity index (χ1) is 9.56. The third kappa shape index (κ3) is 3.57. The number of amides is 1. The van der Waals surface area contributed by atoms with Crippen LogP contribution in [-0.2, 0) is 11.3 Å². The molecule has 0 aliphatic heterocycles. The summed E-state index contributed by atoms with van der Waals surface area (Å²) in [6.07, 6.45) is 0. The summed E-state index contributed by atoms with van der Waals surface area (Å²) in [7, 11) is 0. The summed E-state index contributed by atoms with van der Waals surface area (Å²) in [5, 5.41) is 5.80. The van der Waals surface area contributed by atoms with Crippen molar-refractivity contribution in [2.75, 3.05) is 10.6 Å². The van der Waals surface area contributed by atoms with Crippen LogP contribution in [-0.4, -0.2) is 5.91 Å². The van der Waals surface area contributed by atoms with Crippen LogP contribution in [0.25, 0.3) is 0 Å². The van der Waals surface area contributed by atoms with Crippen molar-refractivity contribution in [1.82, 2.24) is 0 Å². The van der Waals surface area contributed by atoms with Gasteiger partial charge in [0.2, 0.25) is 5.91 Å². The van der Waals surface area contributed by atoms with Gasteiger partial charge in [-0.05, 0) is 36.2 Å². The number of carbonyl (C=O) groups excluding carboxylic acids is 1. The fourth-order valence-electron chi connectivity index (χ4n) is 1.94. The number of hydrogen-bond acceptors (Lipinski definition) is 2. The Hall–Kier alpha value is -2.36. The zero-order valence-electron chi connectivity index (χ0n) is 11.5. The number of rotatable bonds is 4. The predicted octanol–water partition coefficient (Wildman–Crippen LogP) is 3.70. The molecule has 0 bridgehead atoms. The van der Waals surface area contributed by atoms with Gasteiger partial charge in [-0.15, -0.1) is 0 Å². The Morgan fingerprint density at radius 3 is 2.60 bits per heavy atom. The number of aryl methyl sites for hydroxylation is 1. The molecule has 0 aliphatic carbocycles. The van der Waals surface area contributed by atoms with Gasteiger partial charge in [0.1, 0.15) is 5.82 Å². The lowest BCUT2D eigenvalue weighted by Gasteiger charge is -2.12. The highest BCUT2D eigenvalue weighted by Crippen LogP contribution is 2.19. The van der Waals surface area contributed by atoms with Crippen molar-refractivity contribution in [3.05, 3.63) is 59.4 Å². The van der Waals surface area contributed by atoms with E-state index in [4.69, 9.17) is 0 Å². The third-order valence-electron chi connectivity index (χ3n) is 2.92. The molecule has 2 aromatic carbocycles. The van der Waals surface area contributed by atoms with Crippen LogP contribution in [0, 0.1) is 12.7 Å². The molecule has 0 aromatic heterocycles. The normalized spacial score (nSPS) is 10.2. The van der Waals surface area contributed by atoms with Crippen LogP contribution in [0.5, 0.6) is 0 Å².